The van der Waals surface area contributed by atoms with Crippen LogP contribution in [0, 0.1) is 24.7 Å². The second-order valence-electron chi connectivity index (χ2n) is 5.61. The van der Waals surface area contributed by atoms with E-state index in [4.69, 9.17) is 0 Å². The van der Waals surface area contributed by atoms with E-state index in [9.17, 15) is 9.90 Å². The van der Waals surface area contributed by atoms with E-state index in [1.54, 1.807) is 6.08 Å². The Labute approximate surface area is 131 Å². The van der Waals surface area contributed by atoms with Crippen LogP contribution < -0.4 is 0 Å². The third-order valence-electron chi connectivity index (χ3n) is 3.83. The molecule has 0 bridgehead atoms. The average Bonchev–Trinajstić information content (AvgIpc) is 2.47. The van der Waals surface area contributed by atoms with Crippen LogP contribution in [0.5, 0.6) is 0 Å². The second-order valence-corrected chi connectivity index (χ2v) is 5.61. The maximum absolute atomic E-state index is 11.4. The van der Waals surface area contributed by atoms with E-state index >= 15 is 0 Å². The number of carbonyl (C=O) groups is 1. The Morgan fingerprint density at radius 3 is 2.64 bits per heavy atom. The minimum Gasteiger partial charge on any atom is -0.478 e. The molecule has 0 aliphatic heterocycles. The maximum atomic E-state index is 11.4. The van der Waals surface area contributed by atoms with Gasteiger partial charge in [0.2, 0.25) is 0 Å². The van der Waals surface area contributed by atoms with Crippen LogP contribution in [-0.4, -0.2) is 11.1 Å². The quantitative estimate of drug-likeness (QED) is 0.785. The van der Waals surface area contributed by atoms with Gasteiger partial charge in [-0.1, -0.05) is 49.1 Å². The van der Waals surface area contributed by atoms with Gasteiger partial charge in [0.05, 0.1) is 0 Å². The molecule has 1 unspecified atom stereocenters. The molecule has 112 valence electrons. The molecule has 0 saturated carbocycles. The largest absolute Gasteiger partial charge is 0.478 e. The maximum Gasteiger partial charge on any atom is 0.331 e. The van der Waals surface area contributed by atoms with Crippen LogP contribution in [0.4, 0.5) is 0 Å². The van der Waals surface area contributed by atoms with Crippen LogP contribution >= 0.6 is 0 Å². The predicted molar refractivity (Wildman–Crippen MR) is 89.4 cm³/mol. The molecule has 0 heterocycles. The van der Waals surface area contributed by atoms with Gasteiger partial charge in [-0.05, 0) is 49.5 Å². The summed E-state index contributed by atoms with van der Waals surface area (Å²) in [5.74, 6) is 5.51. The number of rotatable bonds is 1. The molecule has 1 aliphatic carbocycles. The Morgan fingerprint density at radius 2 is 1.95 bits per heavy atom. The van der Waals surface area contributed by atoms with Gasteiger partial charge in [-0.2, -0.15) is 0 Å². The van der Waals surface area contributed by atoms with Crippen LogP contribution in [0.25, 0.3) is 0 Å². The molecule has 0 aromatic heterocycles. The minimum atomic E-state index is -0.853. The van der Waals surface area contributed by atoms with Crippen LogP contribution in [0.1, 0.15) is 31.4 Å². The predicted octanol–water partition coefficient (Wildman–Crippen LogP) is 4.27. The number of carboxylic acids is 1. The number of aliphatic carboxylic acids is 1. The second kappa shape index (κ2) is 6.95. The number of hydrogen-bond donors (Lipinski definition) is 1. The van der Waals surface area contributed by atoms with Crippen molar-refractivity contribution in [3.05, 3.63) is 70.3 Å². The highest BCUT2D eigenvalue weighted by Gasteiger charge is 2.16. The smallest absolute Gasteiger partial charge is 0.331 e. The molecule has 0 saturated heterocycles. The summed E-state index contributed by atoms with van der Waals surface area (Å²) in [5.41, 5.74) is 4.33. The van der Waals surface area contributed by atoms with Gasteiger partial charge in [-0.3, -0.25) is 0 Å². The van der Waals surface area contributed by atoms with E-state index in [2.05, 4.69) is 11.8 Å². The fraction of sp³-hybridized carbons (Fsp3) is 0.250. The number of benzene rings is 1. The van der Waals surface area contributed by atoms with Crippen molar-refractivity contribution >= 4 is 5.97 Å². The lowest BCUT2D eigenvalue weighted by Crippen LogP contribution is -2.10. The summed E-state index contributed by atoms with van der Waals surface area (Å²) in [5, 5.41) is 9.32. The number of allylic oxidation sites excluding steroid dienone is 5. The molecule has 2 rings (SSSR count). The van der Waals surface area contributed by atoms with Gasteiger partial charge in [0.15, 0.2) is 0 Å². The van der Waals surface area contributed by atoms with Gasteiger partial charge < -0.3 is 5.11 Å². The minimum absolute atomic E-state index is 0.00887. The average molecular weight is 292 g/mol. The summed E-state index contributed by atoms with van der Waals surface area (Å²) >= 11 is 0. The molecule has 1 N–H and O–H groups in total. The lowest BCUT2D eigenvalue weighted by Gasteiger charge is -2.13. The first-order valence-electron chi connectivity index (χ1n) is 7.39. The van der Waals surface area contributed by atoms with Crippen molar-refractivity contribution in [3.8, 4) is 11.8 Å². The van der Waals surface area contributed by atoms with Crippen molar-refractivity contribution in [2.45, 2.75) is 27.2 Å². The summed E-state index contributed by atoms with van der Waals surface area (Å²) in [4.78, 5) is 11.4. The Bertz CT molecular complexity index is 736. The molecule has 0 spiro atoms. The zero-order chi connectivity index (χ0) is 16.1. The first kappa shape index (κ1) is 15.9. The van der Waals surface area contributed by atoms with Gasteiger partial charge in [-0.25, -0.2) is 4.79 Å². The van der Waals surface area contributed by atoms with E-state index in [1.165, 1.54) is 0 Å². The fourth-order valence-electron chi connectivity index (χ4n) is 2.36. The highest BCUT2D eigenvalue weighted by Crippen LogP contribution is 2.22. The summed E-state index contributed by atoms with van der Waals surface area (Å²) in [6, 6.07) is 7.98. The Balaban J connectivity index is 2.44. The van der Waals surface area contributed by atoms with Crippen molar-refractivity contribution < 1.29 is 9.90 Å². The summed E-state index contributed by atoms with van der Waals surface area (Å²) < 4.78 is 0. The zero-order valence-corrected chi connectivity index (χ0v) is 13.2. The first-order valence-corrected chi connectivity index (χ1v) is 7.39. The molecular formula is C20H20O2. The topological polar surface area (TPSA) is 37.3 Å². The molecule has 2 nitrogen and oxygen atoms in total. The van der Waals surface area contributed by atoms with Crippen molar-refractivity contribution in [1.82, 2.24) is 0 Å². The molecule has 22 heavy (non-hydrogen) atoms. The molecule has 0 radical (unpaired) electrons. The SMILES string of the molecule is CC1=C(C#Cc2ccccc2C)/C=C/CC(C)C(C(=O)O)=C1. The van der Waals surface area contributed by atoms with Crippen LogP contribution in [0.15, 0.2) is 59.2 Å². The molecule has 1 atom stereocenters. The van der Waals surface area contributed by atoms with Gasteiger partial charge in [0, 0.05) is 16.7 Å². The van der Waals surface area contributed by atoms with Crippen molar-refractivity contribution in [2.24, 2.45) is 5.92 Å². The van der Waals surface area contributed by atoms with Gasteiger partial charge in [0.1, 0.15) is 0 Å². The molecule has 1 aliphatic rings. The monoisotopic (exact) mass is 292 g/mol. The molecule has 1 aromatic carbocycles. The highest BCUT2D eigenvalue weighted by atomic mass is 16.4. The molecule has 0 fully saturated rings. The Kier molecular flexibility index (Phi) is 5.01. The van der Waals surface area contributed by atoms with Crippen LogP contribution in [-0.2, 0) is 4.79 Å². The number of carboxylic acid groups (broad SMARTS) is 1. The van der Waals surface area contributed by atoms with Gasteiger partial charge in [0.25, 0.3) is 0 Å². The third kappa shape index (κ3) is 3.77. The first-order chi connectivity index (χ1) is 10.5. The van der Waals surface area contributed by atoms with Gasteiger partial charge >= 0.3 is 5.97 Å². The number of aryl methyl sites for hydroxylation is 1. The van der Waals surface area contributed by atoms with Crippen molar-refractivity contribution in [2.75, 3.05) is 0 Å². The van der Waals surface area contributed by atoms with Gasteiger partial charge in [-0.15, -0.1) is 0 Å². The standard InChI is InChI=1S/C20H20O2/c1-14-7-4-5-9-17(14)11-12-18-10-6-8-15(2)19(20(21)22)13-16(18)3/h4-7,9-10,13,15H,8H2,1-3H3,(H,21,22)/b10-6+,18-16?,19-13?. The third-order valence-corrected chi connectivity index (χ3v) is 3.83. The summed E-state index contributed by atoms with van der Waals surface area (Å²) in [7, 11) is 0. The lowest BCUT2D eigenvalue weighted by molar-refractivity contribution is -0.133. The van der Waals surface area contributed by atoms with Crippen molar-refractivity contribution in [1.29, 1.82) is 0 Å². The Morgan fingerprint density at radius 1 is 1.23 bits per heavy atom. The van der Waals surface area contributed by atoms with E-state index in [0.29, 0.717) is 12.0 Å². The van der Waals surface area contributed by atoms with E-state index in [1.807, 2.05) is 57.2 Å². The van der Waals surface area contributed by atoms with E-state index in [0.717, 1.165) is 22.3 Å². The zero-order valence-electron chi connectivity index (χ0n) is 13.2. The number of hydrogen-bond acceptors (Lipinski definition) is 1. The van der Waals surface area contributed by atoms with Crippen LogP contribution in [0.2, 0.25) is 0 Å². The molecule has 2 heteroatoms. The fourth-order valence-corrected chi connectivity index (χ4v) is 2.36. The molecule has 0 amide bonds. The molecule has 1 aromatic rings. The van der Waals surface area contributed by atoms with Crippen LogP contribution in [0.3, 0.4) is 0 Å². The molecular weight excluding hydrogens is 272 g/mol. The Hall–Kier alpha value is -2.53. The highest BCUT2D eigenvalue weighted by molar-refractivity contribution is 5.88. The van der Waals surface area contributed by atoms with Crippen molar-refractivity contribution in [3.63, 3.8) is 0 Å². The normalized spacial score (nSPS) is 19.4. The van der Waals surface area contributed by atoms with E-state index in [-0.39, 0.29) is 5.92 Å². The lowest BCUT2D eigenvalue weighted by atomic mass is 9.91. The van der Waals surface area contributed by atoms with E-state index < -0.39 is 5.97 Å². The summed E-state index contributed by atoms with van der Waals surface area (Å²) in [6.07, 6.45) is 6.46. The summed E-state index contributed by atoms with van der Waals surface area (Å²) in [6.45, 7) is 5.87.